The average molecular weight is 450 g/mol. The van der Waals surface area contributed by atoms with Crippen LogP contribution in [-0.4, -0.2) is 68.8 Å². The summed E-state index contributed by atoms with van der Waals surface area (Å²) in [5, 5.41) is 3.64. The van der Waals surface area contributed by atoms with Gasteiger partial charge in [0, 0.05) is 37.0 Å². The Labute approximate surface area is 192 Å². The number of pyridine rings is 1. The highest BCUT2D eigenvalue weighted by Gasteiger charge is 2.18. The number of fused-ring (bicyclic) bond motifs is 1. The first-order valence-electron chi connectivity index (χ1n) is 10.9. The third kappa shape index (κ3) is 5.06. The van der Waals surface area contributed by atoms with E-state index in [1.54, 1.807) is 25.2 Å². The number of carbonyl (C=O) groups excluding carboxylic acids is 2. The van der Waals surface area contributed by atoms with E-state index >= 15 is 0 Å². The second kappa shape index (κ2) is 10.3. The molecule has 0 atom stereocenters. The number of morpholine rings is 1. The lowest BCUT2D eigenvalue weighted by Gasteiger charge is -2.26. The third-order valence-corrected chi connectivity index (χ3v) is 5.63. The number of hydrogen-bond acceptors (Lipinski definition) is 6. The maximum absolute atomic E-state index is 13.1. The van der Waals surface area contributed by atoms with Crippen LogP contribution in [0.3, 0.4) is 0 Å². The summed E-state index contributed by atoms with van der Waals surface area (Å²) in [6, 6.07) is 14.8. The highest BCUT2D eigenvalue weighted by molar-refractivity contribution is 6.07. The molecule has 1 fully saturated rings. The van der Waals surface area contributed by atoms with E-state index in [4.69, 9.17) is 19.2 Å². The molecule has 0 radical (unpaired) electrons. The molecule has 2 aromatic carbocycles. The van der Waals surface area contributed by atoms with E-state index in [0.29, 0.717) is 54.6 Å². The van der Waals surface area contributed by atoms with Gasteiger partial charge in [0.15, 0.2) is 11.5 Å². The van der Waals surface area contributed by atoms with Crippen LogP contribution in [0.4, 0.5) is 0 Å². The molecule has 33 heavy (non-hydrogen) atoms. The van der Waals surface area contributed by atoms with Crippen LogP contribution in [0.25, 0.3) is 22.2 Å². The Kier molecular flexibility index (Phi) is 7.04. The SMILES string of the molecule is COc1ccc(-c2cc(C(=O)NCCC(=O)N3CCOCC3)c3ccccc3n2)cc1OC. The van der Waals surface area contributed by atoms with Gasteiger partial charge in [0.1, 0.15) is 0 Å². The van der Waals surface area contributed by atoms with Crippen molar-refractivity contribution in [1.82, 2.24) is 15.2 Å². The van der Waals surface area contributed by atoms with E-state index in [1.807, 2.05) is 42.5 Å². The van der Waals surface area contributed by atoms with Crippen molar-refractivity contribution >= 4 is 22.7 Å². The van der Waals surface area contributed by atoms with Crippen LogP contribution in [0.15, 0.2) is 48.5 Å². The van der Waals surface area contributed by atoms with Crippen LogP contribution in [0, 0.1) is 0 Å². The summed E-state index contributed by atoms with van der Waals surface area (Å²) in [7, 11) is 3.16. The lowest BCUT2D eigenvalue weighted by Crippen LogP contribution is -2.42. The highest BCUT2D eigenvalue weighted by atomic mass is 16.5. The van der Waals surface area contributed by atoms with Gasteiger partial charge in [-0.15, -0.1) is 0 Å². The monoisotopic (exact) mass is 449 g/mol. The highest BCUT2D eigenvalue weighted by Crippen LogP contribution is 2.33. The zero-order valence-corrected chi connectivity index (χ0v) is 18.8. The van der Waals surface area contributed by atoms with Gasteiger partial charge in [0.05, 0.1) is 44.2 Å². The third-order valence-electron chi connectivity index (χ3n) is 5.63. The van der Waals surface area contributed by atoms with Crippen molar-refractivity contribution in [2.45, 2.75) is 6.42 Å². The Balaban J connectivity index is 1.56. The molecule has 0 unspecified atom stereocenters. The van der Waals surface area contributed by atoms with Gasteiger partial charge in [-0.25, -0.2) is 4.98 Å². The summed E-state index contributed by atoms with van der Waals surface area (Å²) in [4.78, 5) is 32.0. The zero-order chi connectivity index (χ0) is 23.2. The number of nitrogens with zero attached hydrogens (tertiary/aromatic N) is 2. The van der Waals surface area contributed by atoms with Crippen LogP contribution in [0.5, 0.6) is 11.5 Å². The molecule has 1 aromatic heterocycles. The van der Waals surface area contributed by atoms with Crippen molar-refractivity contribution in [1.29, 1.82) is 0 Å². The van der Waals surface area contributed by atoms with E-state index in [1.165, 1.54) is 0 Å². The Bertz CT molecular complexity index is 1160. The molecule has 3 aromatic rings. The molecular formula is C25H27N3O5. The molecule has 2 amide bonds. The standard InChI is InChI=1S/C25H27N3O5/c1-31-22-8-7-17(15-23(22)32-2)21-16-19(18-5-3-4-6-20(18)27-21)25(30)26-10-9-24(29)28-11-13-33-14-12-28/h3-8,15-16H,9-14H2,1-2H3,(H,26,30). The number of hydrogen-bond donors (Lipinski definition) is 1. The van der Waals surface area contributed by atoms with E-state index in [2.05, 4.69) is 5.32 Å². The molecule has 1 saturated heterocycles. The summed E-state index contributed by atoms with van der Waals surface area (Å²) in [6.45, 7) is 2.56. The second-order valence-corrected chi connectivity index (χ2v) is 7.64. The Hall–Kier alpha value is -3.65. The van der Waals surface area contributed by atoms with Gasteiger partial charge in [-0.05, 0) is 30.3 Å². The van der Waals surface area contributed by atoms with Gasteiger partial charge in [0.25, 0.3) is 5.91 Å². The van der Waals surface area contributed by atoms with Crippen molar-refractivity contribution in [3.63, 3.8) is 0 Å². The minimum atomic E-state index is -0.245. The van der Waals surface area contributed by atoms with E-state index in [0.717, 1.165) is 10.9 Å². The lowest BCUT2D eigenvalue weighted by molar-refractivity contribution is -0.135. The minimum absolute atomic E-state index is 0.0178. The number of nitrogens with one attached hydrogen (secondary N) is 1. The van der Waals surface area contributed by atoms with Gasteiger partial charge in [0.2, 0.25) is 5.91 Å². The number of rotatable bonds is 7. The summed E-state index contributed by atoms with van der Waals surface area (Å²) in [5.74, 6) is 0.969. The van der Waals surface area contributed by atoms with E-state index in [-0.39, 0.29) is 24.8 Å². The average Bonchev–Trinajstić information content (AvgIpc) is 2.87. The smallest absolute Gasteiger partial charge is 0.252 e. The van der Waals surface area contributed by atoms with Crippen molar-refractivity contribution in [2.24, 2.45) is 0 Å². The maximum atomic E-state index is 13.1. The predicted molar refractivity (Wildman–Crippen MR) is 125 cm³/mol. The van der Waals surface area contributed by atoms with Gasteiger partial charge in [-0.3, -0.25) is 9.59 Å². The minimum Gasteiger partial charge on any atom is -0.493 e. The fourth-order valence-corrected chi connectivity index (χ4v) is 3.86. The zero-order valence-electron chi connectivity index (χ0n) is 18.8. The Morgan fingerprint density at radius 3 is 2.55 bits per heavy atom. The van der Waals surface area contributed by atoms with Crippen LogP contribution in [0.2, 0.25) is 0 Å². The van der Waals surface area contributed by atoms with Gasteiger partial charge < -0.3 is 24.4 Å². The molecule has 2 heterocycles. The molecule has 8 heteroatoms. The molecule has 0 bridgehead atoms. The molecule has 8 nitrogen and oxygen atoms in total. The quantitative estimate of drug-likeness (QED) is 0.597. The van der Waals surface area contributed by atoms with E-state index < -0.39 is 0 Å². The maximum Gasteiger partial charge on any atom is 0.252 e. The van der Waals surface area contributed by atoms with Crippen LogP contribution >= 0.6 is 0 Å². The fourth-order valence-electron chi connectivity index (χ4n) is 3.86. The number of benzene rings is 2. The second-order valence-electron chi connectivity index (χ2n) is 7.64. The van der Waals surface area contributed by atoms with Crippen LogP contribution < -0.4 is 14.8 Å². The lowest BCUT2D eigenvalue weighted by atomic mass is 10.0. The Morgan fingerprint density at radius 1 is 1.03 bits per heavy atom. The molecule has 0 saturated carbocycles. The van der Waals surface area contributed by atoms with Crippen LogP contribution in [0.1, 0.15) is 16.8 Å². The number of para-hydroxylation sites is 1. The van der Waals surface area contributed by atoms with Crippen molar-refractivity contribution in [2.75, 3.05) is 47.1 Å². The van der Waals surface area contributed by atoms with Crippen molar-refractivity contribution in [3.05, 3.63) is 54.1 Å². The Morgan fingerprint density at radius 2 is 1.79 bits per heavy atom. The molecule has 4 rings (SSSR count). The first-order chi connectivity index (χ1) is 16.1. The predicted octanol–water partition coefficient (Wildman–Crippen LogP) is 2.90. The van der Waals surface area contributed by atoms with Crippen molar-refractivity contribution in [3.8, 4) is 22.8 Å². The largest absolute Gasteiger partial charge is 0.493 e. The number of ether oxygens (including phenoxy) is 3. The molecule has 0 aliphatic carbocycles. The molecular weight excluding hydrogens is 422 g/mol. The van der Waals surface area contributed by atoms with Gasteiger partial charge >= 0.3 is 0 Å². The first kappa shape index (κ1) is 22.5. The van der Waals surface area contributed by atoms with Gasteiger partial charge in [-0.2, -0.15) is 0 Å². The molecule has 0 spiro atoms. The number of carbonyl (C=O) groups is 2. The van der Waals surface area contributed by atoms with E-state index in [9.17, 15) is 9.59 Å². The summed E-state index contributed by atoms with van der Waals surface area (Å²) < 4.78 is 16.0. The molecule has 1 aliphatic heterocycles. The summed E-state index contributed by atoms with van der Waals surface area (Å²) >= 11 is 0. The number of amides is 2. The fraction of sp³-hybridized carbons (Fsp3) is 0.320. The topological polar surface area (TPSA) is 90.0 Å². The molecule has 1 aliphatic rings. The number of aromatic nitrogens is 1. The molecule has 1 N–H and O–H groups in total. The normalized spacial score (nSPS) is 13.6. The molecule has 172 valence electrons. The summed E-state index contributed by atoms with van der Waals surface area (Å²) in [5.41, 5.74) is 2.66. The van der Waals surface area contributed by atoms with Crippen LogP contribution in [-0.2, 0) is 9.53 Å². The van der Waals surface area contributed by atoms with Crippen molar-refractivity contribution < 1.29 is 23.8 Å². The first-order valence-corrected chi connectivity index (χ1v) is 10.9. The summed E-state index contributed by atoms with van der Waals surface area (Å²) in [6.07, 6.45) is 0.247. The number of methoxy groups -OCH3 is 2. The van der Waals surface area contributed by atoms with Gasteiger partial charge in [-0.1, -0.05) is 18.2 Å².